The number of amides is 2. The van der Waals surface area contributed by atoms with E-state index in [2.05, 4.69) is 44.9 Å². The van der Waals surface area contributed by atoms with Crippen LogP contribution in [-0.2, 0) is 16.2 Å². The second-order valence-electron chi connectivity index (χ2n) is 11.1. The summed E-state index contributed by atoms with van der Waals surface area (Å²) < 4.78 is 36.8. The number of alkyl halides is 2. The third-order valence-corrected chi connectivity index (χ3v) is 8.77. The molecule has 2 aliphatic rings. The number of nitrogens with zero attached hydrogens (tertiary/aromatic N) is 3. The summed E-state index contributed by atoms with van der Waals surface area (Å²) in [6.07, 6.45) is 3.66. The molecule has 2 amide bonds. The van der Waals surface area contributed by atoms with Crippen LogP contribution in [0.3, 0.4) is 0 Å². The molecule has 0 bridgehead atoms. The van der Waals surface area contributed by atoms with E-state index in [-0.39, 0.29) is 17.9 Å². The van der Waals surface area contributed by atoms with E-state index < -0.39 is 27.2 Å². The van der Waals surface area contributed by atoms with E-state index in [1.165, 1.54) is 0 Å². The highest BCUT2D eigenvalue weighted by Crippen LogP contribution is 2.37. The lowest BCUT2D eigenvalue weighted by atomic mass is 9.84. The quantitative estimate of drug-likeness (QED) is 0.344. The topological polar surface area (TPSA) is 97.7 Å². The molecule has 4 rings (SSSR count). The molecule has 0 radical (unpaired) electrons. The van der Waals surface area contributed by atoms with Crippen LogP contribution in [0.1, 0.15) is 36.0 Å². The standard InChI is InChI=1S/C25H37F2N5O4Si/c1-37(2,3)11-10-35-16-31-9-8-19-22-20(13-28-23(19)31)24(33)30-15-32(22)18-6-4-17(5-7-18)12-29-25(34)36-14-21(26)27/h8-9,13,17-18,21H,4-7,10-12,14-16H2,1-3H3,(H,29,34)(H,30,33)/t17-,18-. The second kappa shape index (κ2) is 11.8. The Balaban J connectivity index is 1.40. The Labute approximate surface area is 216 Å². The Morgan fingerprint density at radius 1 is 1.27 bits per heavy atom. The largest absolute Gasteiger partial charge is 0.443 e. The van der Waals surface area contributed by atoms with Gasteiger partial charge in [0.2, 0.25) is 0 Å². The summed E-state index contributed by atoms with van der Waals surface area (Å²) >= 11 is 0. The van der Waals surface area contributed by atoms with Gasteiger partial charge in [-0.3, -0.25) is 4.79 Å². The van der Waals surface area contributed by atoms with Crippen molar-refractivity contribution in [2.45, 2.75) is 70.6 Å². The van der Waals surface area contributed by atoms with Crippen molar-refractivity contribution in [2.24, 2.45) is 5.92 Å². The monoisotopic (exact) mass is 537 g/mol. The van der Waals surface area contributed by atoms with Crippen LogP contribution < -0.4 is 15.5 Å². The van der Waals surface area contributed by atoms with Crippen LogP contribution in [-0.4, -0.2) is 68.5 Å². The molecule has 0 aromatic carbocycles. The van der Waals surface area contributed by atoms with Gasteiger partial charge in [0.05, 0.1) is 17.9 Å². The van der Waals surface area contributed by atoms with E-state index in [0.717, 1.165) is 55.1 Å². The highest BCUT2D eigenvalue weighted by Gasteiger charge is 2.33. The molecule has 0 saturated heterocycles. The number of carbonyl (C=O) groups excluding carboxylic acids is 2. The van der Waals surface area contributed by atoms with Crippen molar-refractivity contribution in [3.63, 3.8) is 0 Å². The molecule has 0 spiro atoms. The van der Waals surface area contributed by atoms with Crippen LogP contribution >= 0.6 is 0 Å². The molecule has 204 valence electrons. The number of hydrogen-bond acceptors (Lipinski definition) is 6. The zero-order chi connectivity index (χ0) is 26.6. The van der Waals surface area contributed by atoms with Gasteiger partial charge in [-0.2, -0.15) is 0 Å². The molecule has 0 atom stereocenters. The van der Waals surface area contributed by atoms with Gasteiger partial charge in [0.1, 0.15) is 12.4 Å². The summed E-state index contributed by atoms with van der Waals surface area (Å²) in [4.78, 5) is 31.1. The first kappa shape index (κ1) is 27.3. The number of nitrogens with one attached hydrogen (secondary N) is 2. The van der Waals surface area contributed by atoms with Gasteiger partial charge in [0.15, 0.2) is 6.61 Å². The van der Waals surface area contributed by atoms with Crippen molar-refractivity contribution in [1.82, 2.24) is 20.2 Å². The van der Waals surface area contributed by atoms with Crippen molar-refractivity contribution in [3.05, 3.63) is 24.0 Å². The molecular formula is C25H37F2N5O4Si. The Hall–Kier alpha value is -2.73. The van der Waals surface area contributed by atoms with Crippen LogP contribution in [0.15, 0.2) is 18.5 Å². The smallest absolute Gasteiger partial charge is 0.407 e. The van der Waals surface area contributed by atoms with Gasteiger partial charge >= 0.3 is 6.09 Å². The van der Waals surface area contributed by atoms with E-state index in [1.807, 2.05) is 16.8 Å². The molecule has 1 aliphatic heterocycles. The van der Waals surface area contributed by atoms with Gasteiger partial charge < -0.3 is 29.6 Å². The summed E-state index contributed by atoms with van der Waals surface area (Å²) in [6.45, 7) is 8.04. The third kappa shape index (κ3) is 6.98. The Kier molecular flexibility index (Phi) is 8.68. The van der Waals surface area contributed by atoms with Crippen molar-refractivity contribution >= 4 is 36.8 Å². The van der Waals surface area contributed by atoms with Crippen LogP contribution in [0.4, 0.5) is 19.3 Å². The molecule has 37 heavy (non-hydrogen) atoms. The SMILES string of the molecule is C[Si](C)(C)CCOCn1ccc2c3c(cnc21)C(=O)NCN3[C@H]1CC[C@H](CNC(=O)OCC(F)F)CC1. The van der Waals surface area contributed by atoms with Gasteiger partial charge in [0, 0.05) is 45.0 Å². The Morgan fingerprint density at radius 3 is 2.73 bits per heavy atom. The summed E-state index contributed by atoms with van der Waals surface area (Å²) in [7, 11) is -1.17. The number of fused-ring (bicyclic) bond motifs is 3. The van der Waals surface area contributed by atoms with Crippen LogP contribution in [0.25, 0.3) is 11.0 Å². The number of alkyl carbamates (subject to hydrolysis) is 1. The lowest BCUT2D eigenvalue weighted by molar-refractivity contribution is 0.0482. The second-order valence-corrected chi connectivity index (χ2v) is 16.7. The maximum atomic E-state index is 12.7. The molecule has 1 fully saturated rings. The number of halogens is 2. The third-order valence-electron chi connectivity index (χ3n) is 7.06. The van der Waals surface area contributed by atoms with Crippen molar-refractivity contribution < 1.29 is 27.8 Å². The maximum Gasteiger partial charge on any atom is 0.407 e. The van der Waals surface area contributed by atoms with Crippen LogP contribution in [0, 0.1) is 5.92 Å². The predicted octanol–water partition coefficient (Wildman–Crippen LogP) is 4.41. The summed E-state index contributed by atoms with van der Waals surface area (Å²) in [5.41, 5.74) is 2.28. The van der Waals surface area contributed by atoms with Gasteiger partial charge in [-0.15, -0.1) is 0 Å². The lowest BCUT2D eigenvalue weighted by Crippen LogP contribution is -2.50. The molecule has 0 unspecified atom stereocenters. The fourth-order valence-electron chi connectivity index (χ4n) is 4.97. The first-order valence-corrected chi connectivity index (χ1v) is 16.6. The lowest BCUT2D eigenvalue weighted by Gasteiger charge is -2.41. The molecule has 12 heteroatoms. The number of carbonyl (C=O) groups is 2. The van der Waals surface area contributed by atoms with Gasteiger partial charge in [-0.25, -0.2) is 18.6 Å². The zero-order valence-electron chi connectivity index (χ0n) is 21.8. The van der Waals surface area contributed by atoms with Crippen LogP contribution in [0.2, 0.25) is 25.7 Å². The number of aromatic nitrogens is 2. The summed E-state index contributed by atoms with van der Waals surface area (Å²) in [5, 5.41) is 6.50. The summed E-state index contributed by atoms with van der Waals surface area (Å²) in [5.74, 6) is 0.126. The number of rotatable bonds is 10. The van der Waals surface area contributed by atoms with Gasteiger partial charge in [-0.1, -0.05) is 19.6 Å². The van der Waals surface area contributed by atoms with E-state index in [9.17, 15) is 18.4 Å². The van der Waals surface area contributed by atoms with E-state index in [4.69, 9.17) is 4.74 Å². The molecule has 2 N–H and O–H groups in total. The first-order valence-electron chi connectivity index (χ1n) is 12.9. The molecule has 2 aromatic rings. The van der Waals surface area contributed by atoms with Gasteiger partial charge in [0.25, 0.3) is 12.3 Å². The minimum Gasteiger partial charge on any atom is -0.443 e. The average Bonchev–Trinajstić information content (AvgIpc) is 3.27. The number of hydrogen-bond donors (Lipinski definition) is 2. The normalized spacial score (nSPS) is 20.2. The Bertz CT molecular complexity index is 1100. The minimum atomic E-state index is -2.67. The average molecular weight is 538 g/mol. The molecular weight excluding hydrogens is 500 g/mol. The van der Waals surface area contributed by atoms with E-state index in [1.54, 1.807) is 6.20 Å². The Morgan fingerprint density at radius 2 is 2.03 bits per heavy atom. The molecule has 9 nitrogen and oxygen atoms in total. The highest BCUT2D eigenvalue weighted by atomic mass is 28.3. The molecule has 1 aliphatic carbocycles. The molecule has 2 aromatic heterocycles. The fourth-order valence-corrected chi connectivity index (χ4v) is 5.72. The molecule has 1 saturated carbocycles. The highest BCUT2D eigenvalue weighted by molar-refractivity contribution is 6.76. The fraction of sp³-hybridized carbons (Fsp3) is 0.640. The number of anilines is 1. The number of pyridine rings is 1. The van der Waals surface area contributed by atoms with E-state index >= 15 is 0 Å². The maximum absolute atomic E-state index is 12.7. The van der Waals surface area contributed by atoms with Crippen molar-refractivity contribution in [2.75, 3.05) is 31.3 Å². The zero-order valence-corrected chi connectivity index (χ0v) is 22.8. The van der Waals surface area contributed by atoms with E-state index in [0.29, 0.717) is 25.5 Å². The molecule has 3 heterocycles. The number of ether oxygens (including phenoxy) is 2. The van der Waals surface area contributed by atoms with Crippen molar-refractivity contribution in [1.29, 1.82) is 0 Å². The summed E-state index contributed by atoms with van der Waals surface area (Å²) in [6, 6.07) is 3.33. The van der Waals surface area contributed by atoms with Crippen LogP contribution in [0.5, 0.6) is 0 Å². The van der Waals surface area contributed by atoms with Gasteiger partial charge in [-0.05, 0) is 43.7 Å². The van der Waals surface area contributed by atoms with Crippen molar-refractivity contribution in [3.8, 4) is 0 Å². The predicted molar refractivity (Wildman–Crippen MR) is 140 cm³/mol. The minimum absolute atomic E-state index is 0.125. The first-order chi connectivity index (χ1) is 17.6.